The van der Waals surface area contributed by atoms with Gasteiger partial charge in [-0.05, 0) is 37.3 Å². The van der Waals surface area contributed by atoms with Crippen LogP contribution in [0.5, 0.6) is 5.75 Å². The van der Waals surface area contributed by atoms with Crippen LogP contribution in [0.15, 0.2) is 47.1 Å². The molecular formula is C18H17N3O5. The molecule has 134 valence electrons. The van der Waals surface area contributed by atoms with E-state index in [4.69, 9.17) is 9.15 Å². The molecule has 8 heteroatoms. The lowest BCUT2D eigenvalue weighted by Crippen LogP contribution is -2.16. The number of aryl methyl sites for hydroxylation is 1. The zero-order chi connectivity index (χ0) is 18.7. The third kappa shape index (κ3) is 3.16. The molecule has 0 radical (unpaired) electrons. The highest BCUT2D eigenvalue weighted by Gasteiger charge is 2.26. The molecular weight excluding hydrogens is 338 g/mol. The molecule has 0 unspecified atom stereocenters. The van der Waals surface area contributed by atoms with Gasteiger partial charge in [-0.2, -0.15) is 5.10 Å². The second kappa shape index (κ2) is 7.14. The lowest BCUT2D eigenvalue weighted by atomic mass is 10.1. The first kappa shape index (κ1) is 17.3. The molecule has 3 rings (SSSR count). The molecule has 0 fully saturated rings. The second-order valence-corrected chi connectivity index (χ2v) is 5.36. The minimum absolute atomic E-state index is 0.0853. The number of carbonyl (C=O) groups excluding carboxylic acids is 1. The van der Waals surface area contributed by atoms with Crippen molar-refractivity contribution < 1.29 is 23.8 Å². The van der Waals surface area contributed by atoms with Crippen molar-refractivity contribution in [2.24, 2.45) is 0 Å². The van der Waals surface area contributed by atoms with E-state index in [0.29, 0.717) is 23.6 Å². The Kier molecular flexibility index (Phi) is 4.74. The molecule has 8 nitrogen and oxygen atoms in total. The number of rotatable bonds is 6. The summed E-state index contributed by atoms with van der Waals surface area (Å²) in [6.45, 7) is 2.09. The molecule has 0 saturated heterocycles. The number of carbonyl (C=O) groups is 2. The van der Waals surface area contributed by atoms with E-state index in [2.05, 4.69) is 10.4 Å². The van der Waals surface area contributed by atoms with Gasteiger partial charge in [-0.3, -0.25) is 9.48 Å². The molecule has 0 aliphatic carbocycles. The molecule has 1 amide bonds. The molecule has 0 aliphatic heterocycles. The van der Waals surface area contributed by atoms with E-state index >= 15 is 0 Å². The number of hydrogen-bond donors (Lipinski definition) is 2. The van der Waals surface area contributed by atoms with Crippen molar-refractivity contribution in [3.05, 3.63) is 53.9 Å². The van der Waals surface area contributed by atoms with E-state index in [1.165, 1.54) is 18.1 Å². The predicted molar refractivity (Wildman–Crippen MR) is 93.5 cm³/mol. The molecule has 2 heterocycles. The summed E-state index contributed by atoms with van der Waals surface area (Å²) in [7, 11) is 1.50. The van der Waals surface area contributed by atoms with Crippen LogP contribution in [-0.2, 0) is 6.54 Å². The summed E-state index contributed by atoms with van der Waals surface area (Å²) in [5.41, 5.74) is 0.554. The van der Waals surface area contributed by atoms with Gasteiger partial charge >= 0.3 is 5.97 Å². The molecule has 2 aromatic heterocycles. The first-order valence-corrected chi connectivity index (χ1v) is 7.88. The van der Waals surface area contributed by atoms with Crippen LogP contribution >= 0.6 is 0 Å². The Labute approximate surface area is 149 Å². The first-order valence-electron chi connectivity index (χ1n) is 7.88. The molecule has 26 heavy (non-hydrogen) atoms. The second-order valence-electron chi connectivity index (χ2n) is 5.36. The Morgan fingerprint density at radius 1 is 1.31 bits per heavy atom. The van der Waals surface area contributed by atoms with Crippen LogP contribution in [0.3, 0.4) is 0 Å². The molecule has 3 aromatic rings. The maximum atomic E-state index is 12.6. The van der Waals surface area contributed by atoms with Crippen LogP contribution in [-0.4, -0.2) is 33.9 Å². The van der Waals surface area contributed by atoms with Crippen molar-refractivity contribution in [3.63, 3.8) is 0 Å². The summed E-state index contributed by atoms with van der Waals surface area (Å²) in [6.07, 6.45) is 1.45. The monoisotopic (exact) mass is 355 g/mol. The SMILES string of the molecule is CCn1nc(-c2ccco2)c(NC(=O)c2cccc(OC)c2)c1C(=O)O. The Balaban J connectivity index is 2.06. The highest BCUT2D eigenvalue weighted by molar-refractivity contribution is 6.09. The van der Waals surface area contributed by atoms with Gasteiger partial charge in [0.05, 0.1) is 13.4 Å². The van der Waals surface area contributed by atoms with Crippen LogP contribution in [0, 0.1) is 0 Å². The minimum Gasteiger partial charge on any atom is -0.497 e. The molecule has 0 atom stereocenters. The highest BCUT2D eigenvalue weighted by Crippen LogP contribution is 2.31. The summed E-state index contributed by atoms with van der Waals surface area (Å²) in [6, 6.07) is 9.86. The standard InChI is InChI=1S/C18H17N3O5/c1-3-21-16(18(23)24)15(14(20-21)13-8-5-9-26-13)19-17(22)11-6-4-7-12(10-11)25-2/h4-10H,3H2,1-2H3,(H,19,22)(H,23,24). The Morgan fingerprint density at radius 3 is 2.73 bits per heavy atom. The topological polar surface area (TPSA) is 107 Å². The maximum absolute atomic E-state index is 12.6. The summed E-state index contributed by atoms with van der Waals surface area (Å²) >= 11 is 0. The Hall–Kier alpha value is -3.55. The Bertz CT molecular complexity index is 944. The number of aromatic nitrogens is 2. The van der Waals surface area contributed by atoms with Crippen LogP contribution in [0.4, 0.5) is 5.69 Å². The van der Waals surface area contributed by atoms with E-state index in [0.717, 1.165) is 0 Å². The fourth-order valence-corrected chi connectivity index (χ4v) is 2.56. The quantitative estimate of drug-likeness (QED) is 0.703. The summed E-state index contributed by atoms with van der Waals surface area (Å²) in [5.74, 6) is -0.791. The van der Waals surface area contributed by atoms with Gasteiger partial charge in [-0.25, -0.2) is 4.79 Å². The van der Waals surface area contributed by atoms with E-state index in [1.54, 1.807) is 43.3 Å². The van der Waals surface area contributed by atoms with Gasteiger partial charge in [-0.1, -0.05) is 6.07 Å². The number of furan rings is 1. The van der Waals surface area contributed by atoms with Crippen molar-refractivity contribution in [2.75, 3.05) is 12.4 Å². The number of carboxylic acids is 1. The number of hydrogen-bond acceptors (Lipinski definition) is 5. The molecule has 0 bridgehead atoms. The van der Waals surface area contributed by atoms with Gasteiger partial charge in [-0.15, -0.1) is 0 Å². The number of amides is 1. The summed E-state index contributed by atoms with van der Waals surface area (Å²) in [4.78, 5) is 24.4. The number of ether oxygens (including phenoxy) is 1. The summed E-state index contributed by atoms with van der Waals surface area (Å²) < 4.78 is 11.8. The van der Waals surface area contributed by atoms with Gasteiger partial charge in [0.2, 0.25) is 0 Å². The largest absolute Gasteiger partial charge is 0.497 e. The van der Waals surface area contributed by atoms with Crippen LogP contribution in [0.25, 0.3) is 11.5 Å². The molecule has 0 saturated carbocycles. The van der Waals surface area contributed by atoms with Crippen molar-refractivity contribution >= 4 is 17.6 Å². The molecule has 0 aliphatic rings. The first-order chi connectivity index (χ1) is 12.5. The lowest BCUT2D eigenvalue weighted by molar-refractivity contribution is 0.0684. The van der Waals surface area contributed by atoms with Gasteiger partial charge in [0, 0.05) is 12.1 Å². The number of nitrogens with zero attached hydrogens (tertiary/aromatic N) is 2. The Morgan fingerprint density at radius 2 is 2.12 bits per heavy atom. The number of carboxylic acid groups (broad SMARTS) is 1. The third-order valence-corrected chi connectivity index (χ3v) is 3.78. The molecule has 0 spiro atoms. The highest BCUT2D eigenvalue weighted by atomic mass is 16.5. The summed E-state index contributed by atoms with van der Waals surface area (Å²) in [5, 5.41) is 16.5. The van der Waals surface area contributed by atoms with E-state index < -0.39 is 11.9 Å². The average Bonchev–Trinajstić information content (AvgIpc) is 3.29. The molecule has 2 N–H and O–H groups in total. The van der Waals surface area contributed by atoms with Crippen LogP contribution < -0.4 is 10.1 Å². The average molecular weight is 355 g/mol. The van der Waals surface area contributed by atoms with E-state index in [9.17, 15) is 14.7 Å². The van der Waals surface area contributed by atoms with Crippen molar-refractivity contribution in [1.82, 2.24) is 9.78 Å². The van der Waals surface area contributed by atoms with Gasteiger partial charge in [0.1, 0.15) is 11.4 Å². The van der Waals surface area contributed by atoms with Gasteiger partial charge in [0.15, 0.2) is 17.1 Å². The van der Waals surface area contributed by atoms with E-state index in [1.807, 2.05) is 0 Å². The zero-order valence-electron chi connectivity index (χ0n) is 14.2. The smallest absolute Gasteiger partial charge is 0.356 e. The number of aromatic carboxylic acids is 1. The van der Waals surface area contributed by atoms with Gasteiger partial charge in [0.25, 0.3) is 5.91 Å². The van der Waals surface area contributed by atoms with E-state index in [-0.39, 0.29) is 17.1 Å². The number of nitrogens with one attached hydrogen (secondary N) is 1. The maximum Gasteiger partial charge on any atom is 0.356 e. The van der Waals surface area contributed by atoms with Gasteiger partial charge < -0.3 is 19.6 Å². The third-order valence-electron chi connectivity index (χ3n) is 3.78. The zero-order valence-corrected chi connectivity index (χ0v) is 14.2. The van der Waals surface area contributed by atoms with Crippen LogP contribution in [0.1, 0.15) is 27.8 Å². The number of benzene rings is 1. The fraction of sp³-hybridized carbons (Fsp3) is 0.167. The van der Waals surface area contributed by atoms with Crippen LogP contribution in [0.2, 0.25) is 0 Å². The van der Waals surface area contributed by atoms with Crippen molar-refractivity contribution in [1.29, 1.82) is 0 Å². The fourth-order valence-electron chi connectivity index (χ4n) is 2.56. The lowest BCUT2D eigenvalue weighted by Gasteiger charge is -2.08. The normalized spacial score (nSPS) is 10.5. The van der Waals surface area contributed by atoms with Crippen molar-refractivity contribution in [2.45, 2.75) is 13.5 Å². The van der Waals surface area contributed by atoms with Crippen molar-refractivity contribution in [3.8, 4) is 17.2 Å². The minimum atomic E-state index is -1.20. The number of anilines is 1. The molecule has 1 aromatic carbocycles. The number of methoxy groups -OCH3 is 1. The predicted octanol–water partition coefficient (Wildman–Crippen LogP) is 3.12.